The van der Waals surface area contributed by atoms with Crippen molar-refractivity contribution in [3.05, 3.63) is 74.5 Å². The molecule has 2 aromatic heterocycles. The molecule has 0 aliphatic carbocycles. The average Bonchev–Trinajstić information content (AvgIpc) is 2.83. The molecule has 5 aromatic rings. The standard InChI is InChI=1S/C28H29N3O2/c1-4-13-31(14-5-2)17-11-12-20-23(15-17)29-24-16-21-26(18(6-3)25(24)28(20)33)30-22-10-8-7-9-19(22)27(21)32/h7-12,15-16H,4-6,13-14H2,1-3H3,(H,29,33)(H,30,32). The minimum atomic E-state index is -0.0114. The van der Waals surface area contributed by atoms with E-state index in [-0.39, 0.29) is 10.9 Å². The molecular weight excluding hydrogens is 410 g/mol. The highest BCUT2D eigenvalue weighted by Crippen LogP contribution is 2.28. The van der Waals surface area contributed by atoms with Gasteiger partial charge in [0.05, 0.1) is 21.9 Å². The molecule has 0 bridgehead atoms. The fourth-order valence-electron chi connectivity index (χ4n) is 5.06. The van der Waals surface area contributed by atoms with E-state index in [0.29, 0.717) is 33.5 Å². The third-order valence-corrected chi connectivity index (χ3v) is 6.56. The van der Waals surface area contributed by atoms with Gasteiger partial charge in [-0.05, 0) is 61.2 Å². The number of benzene rings is 3. The molecule has 33 heavy (non-hydrogen) atoms. The number of pyridine rings is 2. The highest BCUT2D eigenvalue weighted by atomic mass is 16.1. The first-order valence-electron chi connectivity index (χ1n) is 11.9. The first-order chi connectivity index (χ1) is 16.1. The Bertz CT molecular complexity index is 1620. The SMILES string of the molecule is CCCN(CCC)c1ccc2c(=O)c3c(CC)c4[nH]c5ccccc5c(=O)c4cc3[nH]c2c1. The second kappa shape index (κ2) is 8.39. The zero-order valence-corrected chi connectivity index (χ0v) is 19.4. The van der Waals surface area contributed by atoms with Crippen molar-refractivity contribution in [1.82, 2.24) is 9.97 Å². The zero-order valence-electron chi connectivity index (χ0n) is 19.4. The minimum absolute atomic E-state index is 0.00981. The van der Waals surface area contributed by atoms with Crippen LogP contribution in [0.25, 0.3) is 43.6 Å². The lowest BCUT2D eigenvalue weighted by Gasteiger charge is -2.24. The summed E-state index contributed by atoms with van der Waals surface area (Å²) in [4.78, 5) is 36.3. The number of para-hydroxylation sites is 1. The van der Waals surface area contributed by atoms with Crippen LogP contribution >= 0.6 is 0 Å². The molecule has 0 aliphatic heterocycles. The van der Waals surface area contributed by atoms with Gasteiger partial charge in [0, 0.05) is 40.5 Å². The van der Waals surface area contributed by atoms with Gasteiger partial charge in [-0.1, -0.05) is 32.9 Å². The van der Waals surface area contributed by atoms with Gasteiger partial charge in [0.1, 0.15) is 0 Å². The Kier molecular flexibility index (Phi) is 5.41. The number of nitrogens with one attached hydrogen (secondary N) is 2. The largest absolute Gasteiger partial charge is 0.371 e. The number of H-pyrrole nitrogens is 2. The maximum absolute atomic E-state index is 13.7. The predicted octanol–water partition coefficient (Wildman–Crippen LogP) is 5.86. The summed E-state index contributed by atoms with van der Waals surface area (Å²) in [5.74, 6) is 0. The van der Waals surface area contributed by atoms with Gasteiger partial charge >= 0.3 is 0 Å². The lowest BCUT2D eigenvalue weighted by Crippen LogP contribution is -2.24. The van der Waals surface area contributed by atoms with Gasteiger partial charge in [-0.3, -0.25) is 9.59 Å². The lowest BCUT2D eigenvalue weighted by molar-refractivity contribution is 0.745. The van der Waals surface area contributed by atoms with Crippen LogP contribution in [-0.2, 0) is 6.42 Å². The van der Waals surface area contributed by atoms with Crippen LogP contribution in [-0.4, -0.2) is 23.1 Å². The molecule has 0 unspecified atom stereocenters. The smallest absolute Gasteiger partial charge is 0.197 e. The molecule has 2 heterocycles. The van der Waals surface area contributed by atoms with Crippen LogP contribution in [0.3, 0.4) is 0 Å². The summed E-state index contributed by atoms with van der Waals surface area (Å²) in [6.07, 6.45) is 2.78. The van der Waals surface area contributed by atoms with E-state index in [1.54, 1.807) is 0 Å². The molecule has 2 N–H and O–H groups in total. The van der Waals surface area contributed by atoms with Crippen LogP contribution < -0.4 is 15.8 Å². The number of hydrogen-bond donors (Lipinski definition) is 2. The molecule has 0 radical (unpaired) electrons. The zero-order chi connectivity index (χ0) is 23.1. The molecule has 5 nitrogen and oxygen atoms in total. The van der Waals surface area contributed by atoms with E-state index in [2.05, 4.69) is 40.8 Å². The van der Waals surface area contributed by atoms with Crippen LogP contribution in [0.2, 0.25) is 0 Å². The predicted molar refractivity (Wildman–Crippen MR) is 140 cm³/mol. The number of nitrogens with zero attached hydrogens (tertiary/aromatic N) is 1. The number of aromatic amines is 2. The summed E-state index contributed by atoms with van der Waals surface area (Å²) in [7, 11) is 0. The van der Waals surface area contributed by atoms with E-state index in [4.69, 9.17) is 0 Å². The van der Waals surface area contributed by atoms with Gasteiger partial charge in [-0.2, -0.15) is 0 Å². The summed E-state index contributed by atoms with van der Waals surface area (Å²) in [6, 6.07) is 15.4. The third kappa shape index (κ3) is 3.39. The van der Waals surface area contributed by atoms with Crippen molar-refractivity contribution in [2.24, 2.45) is 0 Å². The van der Waals surface area contributed by atoms with Gasteiger partial charge in [0.25, 0.3) is 0 Å². The Labute approximate surface area is 192 Å². The Hall–Kier alpha value is -3.60. The van der Waals surface area contributed by atoms with Crippen LogP contribution in [0.5, 0.6) is 0 Å². The van der Waals surface area contributed by atoms with E-state index in [9.17, 15) is 9.59 Å². The van der Waals surface area contributed by atoms with Crippen molar-refractivity contribution < 1.29 is 0 Å². The highest BCUT2D eigenvalue weighted by Gasteiger charge is 2.17. The van der Waals surface area contributed by atoms with Gasteiger partial charge in [0.15, 0.2) is 10.9 Å². The maximum atomic E-state index is 13.7. The molecular formula is C28H29N3O2. The van der Waals surface area contributed by atoms with Gasteiger partial charge in [-0.25, -0.2) is 0 Å². The number of aryl methyl sites for hydroxylation is 1. The minimum Gasteiger partial charge on any atom is -0.371 e. The van der Waals surface area contributed by atoms with Crippen molar-refractivity contribution in [3.8, 4) is 0 Å². The molecule has 5 rings (SSSR count). The molecule has 0 spiro atoms. The normalized spacial score (nSPS) is 11.7. The van der Waals surface area contributed by atoms with Crippen molar-refractivity contribution in [3.63, 3.8) is 0 Å². The van der Waals surface area contributed by atoms with E-state index in [1.807, 2.05) is 43.3 Å². The number of anilines is 1. The number of aromatic nitrogens is 2. The molecule has 0 fully saturated rings. The van der Waals surface area contributed by atoms with Gasteiger partial charge in [-0.15, -0.1) is 0 Å². The maximum Gasteiger partial charge on any atom is 0.197 e. The number of hydrogen-bond acceptors (Lipinski definition) is 3. The summed E-state index contributed by atoms with van der Waals surface area (Å²) in [5.41, 5.74) is 5.06. The van der Waals surface area contributed by atoms with E-state index in [0.717, 1.165) is 53.7 Å². The molecule has 0 saturated carbocycles. The summed E-state index contributed by atoms with van der Waals surface area (Å²) in [5, 5.41) is 2.61. The fraction of sp³-hybridized carbons (Fsp3) is 0.286. The van der Waals surface area contributed by atoms with E-state index in [1.165, 1.54) is 0 Å². The monoisotopic (exact) mass is 439 g/mol. The van der Waals surface area contributed by atoms with Gasteiger partial charge in [0.2, 0.25) is 0 Å². The van der Waals surface area contributed by atoms with E-state index >= 15 is 0 Å². The molecule has 0 amide bonds. The molecule has 5 heteroatoms. The van der Waals surface area contributed by atoms with Crippen LogP contribution in [0.1, 0.15) is 39.2 Å². The van der Waals surface area contributed by atoms with Crippen molar-refractivity contribution in [1.29, 1.82) is 0 Å². The Morgan fingerprint density at radius 1 is 0.727 bits per heavy atom. The Morgan fingerprint density at radius 3 is 2.18 bits per heavy atom. The fourth-order valence-corrected chi connectivity index (χ4v) is 5.06. The third-order valence-electron chi connectivity index (χ3n) is 6.56. The van der Waals surface area contributed by atoms with Crippen LogP contribution in [0.4, 0.5) is 5.69 Å². The molecule has 0 aliphatic rings. The molecule has 3 aromatic carbocycles. The van der Waals surface area contributed by atoms with Crippen LogP contribution in [0, 0.1) is 0 Å². The summed E-state index contributed by atoms with van der Waals surface area (Å²) < 4.78 is 0. The van der Waals surface area contributed by atoms with Gasteiger partial charge < -0.3 is 14.9 Å². The van der Waals surface area contributed by atoms with E-state index < -0.39 is 0 Å². The topological polar surface area (TPSA) is 69.0 Å². The number of fused-ring (bicyclic) bond motifs is 4. The second-order valence-corrected chi connectivity index (χ2v) is 8.72. The van der Waals surface area contributed by atoms with Crippen molar-refractivity contribution >= 4 is 49.3 Å². The summed E-state index contributed by atoms with van der Waals surface area (Å²) >= 11 is 0. The second-order valence-electron chi connectivity index (χ2n) is 8.72. The Morgan fingerprint density at radius 2 is 1.45 bits per heavy atom. The first-order valence-corrected chi connectivity index (χ1v) is 11.9. The molecule has 168 valence electrons. The molecule has 0 saturated heterocycles. The van der Waals surface area contributed by atoms with Crippen molar-refractivity contribution in [2.75, 3.05) is 18.0 Å². The highest BCUT2D eigenvalue weighted by molar-refractivity contribution is 6.05. The van der Waals surface area contributed by atoms with Crippen molar-refractivity contribution in [2.45, 2.75) is 40.0 Å². The summed E-state index contributed by atoms with van der Waals surface area (Å²) in [6.45, 7) is 8.34. The Balaban J connectivity index is 1.85. The quantitative estimate of drug-likeness (QED) is 0.325. The molecule has 0 atom stereocenters. The number of rotatable bonds is 6. The first kappa shape index (κ1) is 21.3. The lowest BCUT2D eigenvalue weighted by atomic mass is 9.98. The average molecular weight is 440 g/mol. The van der Waals surface area contributed by atoms with Crippen LogP contribution in [0.15, 0.2) is 58.1 Å².